The number of carbonyl (C=O) groups excluding carboxylic acids is 4. The highest BCUT2D eigenvalue weighted by Crippen LogP contribution is 2.54. The lowest BCUT2D eigenvalue weighted by Gasteiger charge is -2.50. The second-order valence-electron chi connectivity index (χ2n) is 10.6. The summed E-state index contributed by atoms with van der Waals surface area (Å²) in [4.78, 5) is 54.5. The van der Waals surface area contributed by atoms with Gasteiger partial charge in [-0.1, -0.05) is 0 Å². The van der Waals surface area contributed by atoms with Crippen molar-refractivity contribution in [3.63, 3.8) is 0 Å². The molecule has 210 valence electrons. The van der Waals surface area contributed by atoms with E-state index in [0.717, 1.165) is 0 Å². The van der Waals surface area contributed by atoms with Crippen molar-refractivity contribution in [2.75, 3.05) is 47.2 Å². The third-order valence-electron chi connectivity index (χ3n) is 7.63. The van der Waals surface area contributed by atoms with Crippen LogP contribution in [0.15, 0.2) is 23.0 Å². The van der Waals surface area contributed by atoms with Gasteiger partial charge in [-0.25, -0.2) is 0 Å². The molecule has 3 aliphatic carbocycles. The van der Waals surface area contributed by atoms with Gasteiger partial charge in [0.25, 0.3) is 5.91 Å². The van der Waals surface area contributed by atoms with Gasteiger partial charge < -0.3 is 41.1 Å². The Hall–Kier alpha value is -3.94. The molecule has 1 aromatic carbocycles. The molecule has 0 bridgehead atoms. The number of hydrogen-bond donors (Lipinski definition) is 6. The number of rotatable bonds is 6. The topological polar surface area (TPSA) is 203 Å². The molecule has 1 saturated carbocycles. The van der Waals surface area contributed by atoms with Crippen molar-refractivity contribution >= 4 is 34.8 Å². The number of phenols is 1. The van der Waals surface area contributed by atoms with Gasteiger partial charge >= 0.3 is 0 Å². The maximum Gasteiger partial charge on any atom is 0.255 e. The summed E-state index contributed by atoms with van der Waals surface area (Å²) in [5.41, 5.74) is 1.53. The van der Waals surface area contributed by atoms with Gasteiger partial charge in [-0.3, -0.25) is 24.1 Å². The van der Waals surface area contributed by atoms with Crippen LogP contribution in [0.25, 0.3) is 5.76 Å². The largest absolute Gasteiger partial charge is 0.508 e. The highest BCUT2D eigenvalue weighted by Gasteiger charge is 2.64. The van der Waals surface area contributed by atoms with Crippen LogP contribution < -0.4 is 15.8 Å². The lowest BCUT2D eigenvalue weighted by molar-refractivity contribution is -0.153. The molecule has 0 spiro atoms. The van der Waals surface area contributed by atoms with E-state index in [9.17, 15) is 39.6 Å². The Balaban J connectivity index is 1.92. The van der Waals surface area contributed by atoms with Crippen LogP contribution in [0.1, 0.15) is 17.5 Å². The molecule has 0 aromatic heterocycles. The minimum atomic E-state index is -2.73. The molecule has 1 aromatic rings. The number of nitrogens with zero attached hydrogens (tertiary/aromatic N) is 2. The van der Waals surface area contributed by atoms with Crippen LogP contribution in [-0.2, 0) is 25.6 Å². The zero-order chi connectivity index (χ0) is 29.1. The van der Waals surface area contributed by atoms with Crippen LogP contribution in [-0.4, -0.2) is 107 Å². The van der Waals surface area contributed by atoms with E-state index < -0.39 is 69.7 Å². The maximum atomic E-state index is 13.9. The fraction of sp³-hybridized carbons (Fsp3) is 0.462. The molecular formula is C26H32N4O9. The van der Waals surface area contributed by atoms with E-state index in [2.05, 4.69) is 5.32 Å². The quantitative estimate of drug-likeness (QED) is 0.198. The average Bonchev–Trinajstić information content (AvgIpc) is 2.82. The summed E-state index contributed by atoms with van der Waals surface area (Å²) in [7, 11) is 7.79. The molecule has 0 saturated heterocycles. The molecule has 0 heterocycles. The number of hydrogen-bond acceptors (Lipinski definition) is 11. The number of phenolic OH excluding ortho intramolecular Hbond substituents is 1. The number of aromatic hydroxyl groups is 1. The minimum Gasteiger partial charge on any atom is -0.508 e. The van der Waals surface area contributed by atoms with E-state index in [1.807, 2.05) is 0 Å². The Labute approximate surface area is 224 Å². The molecule has 0 aliphatic heterocycles. The Bertz CT molecular complexity index is 1360. The van der Waals surface area contributed by atoms with Crippen LogP contribution in [0.3, 0.4) is 0 Å². The molecule has 4 rings (SSSR count). The predicted octanol–water partition coefficient (Wildman–Crippen LogP) is -0.527. The molecule has 3 aliphatic rings. The third kappa shape index (κ3) is 4.13. The van der Waals surface area contributed by atoms with Gasteiger partial charge in [0.15, 0.2) is 17.1 Å². The number of likely N-dealkylation sites (N-methyl/N-ethyl adjacent to an activating group) is 2. The van der Waals surface area contributed by atoms with Crippen molar-refractivity contribution in [2.45, 2.75) is 24.5 Å². The van der Waals surface area contributed by atoms with Crippen molar-refractivity contribution in [3.8, 4) is 11.5 Å². The smallest absolute Gasteiger partial charge is 0.255 e. The first-order chi connectivity index (χ1) is 18.2. The second kappa shape index (κ2) is 9.67. The van der Waals surface area contributed by atoms with E-state index in [1.165, 1.54) is 32.2 Å². The highest BCUT2D eigenvalue weighted by molar-refractivity contribution is 6.24. The molecule has 7 N–H and O–H groups in total. The Morgan fingerprint density at radius 3 is 2.36 bits per heavy atom. The summed E-state index contributed by atoms with van der Waals surface area (Å²) in [5, 5.41) is 47.6. The fourth-order valence-corrected chi connectivity index (χ4v) is 6.03. The van der Waals surface area contributed by atoms with Gasteiger partial charge in [0.05, 0.1) is 30.9 Å². The van der Waals surface area contributed by atoms with Crippen molar-refractivity contribution in [3.05, 3.63) is 34.1 Å². The van der Waals surface area contributed by atoms with Crippen LogP contribution >= 0.6 is 0 Å². The third-order valence-corrected chi connectivity index (χ3v) is 7.63. The number of ketones is 2. The number of Topliss-reactive ketones (excluding diaryl/α,β-unsaturated/α-hetero) is 2. The summed E-state index contributed by atoms with van der Waals surface area (Å²) in [6.07, 6.45) is 0.0220. The number of methoxy groups -OCH3 is 1. The van der Waals surface area contributed by atoms with E-state index in [4.69, 9.17) is 10.5 Å². The van der Waals surface area contributed by atoms with E-state index in [1.54, 1.807) is 19.0 Å². The zero-order valence-corrected chi connectivity index (χ0v) is 22.2. The molecule has 4 atom stereocenters. The maximum absolute atomic E-state index is 13.9. The number of benzene rings is 1. The van der Waals surface area contributed by atoms with E-state index >= 15 is 0 Å². The number of fused-ring (bicyclic) bond motifs is 3. The monoisotopic (exact) mass is 544 g/mol. The lowest BCUT2D eigenvalue weighted by atomic mass is 9.57. The predicted molar refractivity (Wildman–Crippen MR) is 138 cm³/mol. The molecule has 13 nitrogen and oxygen atoms in total. The van der Waals surface area contributed by atoms with Gasteiger partial charge in [-0.15, -0.1) is 0 Å². The summed E-state index contributed by atoms with van der Waals surface area (Å²) in [6.45, 7) is 0.000459. The van der Waals surface area contributed by atoms with Crippen LogP contribution in [0, 0.1) is 11.8 Å². The SMILES string of the molecule is COc1cc(NC(=O)CN(C)C)c(O)c2c1C[C@H]1C[C@H]3C(N(C)C)C(=O)C(C(N)=O)=C(O)[C@@]3(O)C(=O)C1=C2O. The number of amides is 2. The highest BCUT2D eigenvalue weighted by atomic mass is 16.5. The molecule has 0 radical (unpaired) electrons. The van der Waals surface area contributed by atoms with Crippen molar-refractivity contribution < 1.29 is 44.3 Å². The van der Waals surface area contributed by atoms with Crippen molar-refractivity contribution in [2.24, 2.45) is 17.6 Å². The number of nitrogens with one attached hydrogen (secondary N) is 1. The Morgan fingerprint density at radius 2 is 1.82 bits per heavy atom. The van der Waals surface area contributed by atoms with Gasteiger partial charge in [0.2, 0.25) is 11.7 Å². The van der Waals surface area contributed by atoms with Crippen LogP contribution in [0.5, 0.6) is 11.5 Å². The molecular weight excluding hydrogens is 512 g/mol. The fourth-order valence-electron chi connectivity index (χ4n) is 6.03. The number of primary amides is 1. The number of aliphatic hydroxyl groups is 3. The van der Waals surface area contributed by atoms with Crippen LogP contribution in [0.2, 0.25) is 0 Å². The second-order valence-corrected chi connectivity index (χ2v) is 10.6. The van der Waals surface area contributed by atoms with Crippen molar-refractivity contribution in [1.82, 2.24) is 9.80 Å². The zero-order valence-electron chi connectivity index (χ0n) is 22.2. The van der Waals surface area contributed by atoms with Gasteiger partial charge in [0, 0.05) is 23.1 Å². The number of ether oxygens (including phenoxy) is 1. The standard InChI is InChI=1S/C26H32N4O9/c1-29(2)9-15(31)28-13-8-14(39-5)11-6-10-7-12-19(30(3)4)22(34)18(25(27)37)24(36)26(12,38)23(35)16(10)21(33)17(11)20(13)32/h8,10,12,19,32-33,36,38H,6-7,9H2,1-5H3,(H2,27,37)(H,28,31)/t10-,12-,19?,26-/m0/s1. The van der Waals surface area contributed by atoms with E-state index in [-0.39, 0.29) is 42.0 Å². The summed E-state index contributed by atoms with van der Waals surface area (Å²) in [6, 6.07) is 0.230. The van der Waals surface area contributed by atoms with Gasteiger partial charge in [-0.05, 0) is 47.0 Å². The molecule has 2 amide bonds. The van der Waals surface area contributed by atoms with E-state index in [0.29, 0.717) is 5.56 Å². The number of nitrogens with two attached hydrogens (primary N) is 1. The molecule has 1 fully saturated rings. The molecule has 13 heteroatoms. The summed E-state index contributed by atoms with van der Waals surface area (Å²) in [5.74, 6) is -7.77. The van der Waals surface area contributed by atoms with Crippen LogP contribution in [0.4, 0.5) is 5.69 Å². The first-order valence-electron chi connectivity index (χ1n) is 12.2. The molecule has 1 unspecified atom stereocenters. The lowest BCUT2D eigenvalue weighted by Crippen LogP contribution is -2.65. The molecule has 39 heavy (non-hydrogen) atoms. The average molecular weight is 545 g/mol. The first kappa shape index (κ1) is 28.1. The Kier molecular flexibility index (Phi) is 6.96. The minimum absolute atomic E-state index is 0.000459. The number of carbonyl (C=O) groups is 4. The Morgan fingerprint density at radius 1 is 1.18 bits per heavy atom. The van der Waals surface area contributed by atoms with Crippen molar-refractivity contribution in [1.29, 1.82) is 0 Å². The van der Waals surface area contributed by atoms with Gasteiger partial charge in [-0.2, -0.15) is 0 Å². The van der Waals surface area contributed by atoms with Gasteiger partial charge in [0.1, 0.15) is 22.8 Å². The first-order valence-corrected chi connectivity index (χ1v) is 12.2. The summed E-state index contributed by atoms with van der Waals surface area (Å²) >= 11 is 0. The normalized spacial score (nSPS) is 26.4. The number of aliphatic hydroxyl groups excluding tert-OH is 2. The number of anilines is 1. The summed E-state index contributed by atoms with van der Waals surface area (Å²) < 4.78 is 5.48.